The lowest BCUT2D eigenvalue weighted by molar-refractivity contribution is 0.0394. The Morgan fingerprint density at radius 3 is 2.77 bits per heavy atom. The molecule has 116 valence electrons. The van der Waals surface area contributed by atoms with Crippen LogP contribution in [0.5, 0.6) is 0 Å². The smallest absolute Gasteiger partial charge is 0.151 e. The van der Waals surface area contributed by atoms with E-state index in [0.717, 1.165) is 0 Å². The first-order valence-electron chi connectivity index (χ1n) is 6.52. The number of nitrogens with zero attached hydrogens (tertiary/aromatic N) is 3. The van der Waals surface area contributed by atoms with Gasteiger partial charge in [-0.3, -0.25) is 0 Å². The van der Waals surface area contributed by atoms with E-state index >= 15 is 0 Å². The lowest BCUT2D eigenvalue weighted by atomic mass is 10.1. The summed E-state index contributed by atoms with van der Waals surface area (Å²) in [6, 6.07) is 2.69. The number of aromatic nitrogens is 2. The van der Waals surface area contributed by atoms with Crippen LogP contribution in [0.2, 0.25) is 15.1 Å². The summed E-state index contributed by atoms with van der Waals surface area (Å²) in [5.41, 5.74) is 0.554. The predicted octanol–water partition coefficient (Wildman–Crippen LogP) is 4.15. The van der Waals surface area contributed by atoms with E-state index in [1.54, 1.807) is 0 Å². The van der Waals surface area contributed by atoms with Crippen molar-refractivity contribution in [1.29, 1.82) is 0 Å². The maximum absolute atomic E-state index is 13.7. The first kappa shape index (κ1) is 15.7. The van der Waals surface area contributed by atoms with Crippen molar-refractivity contribution < 1.29 is 9.13 Å². The van der Waals surface area contributed by atoms with Gasteiger partial charge >= 0.3 is 0 Å². The van der Waals surface area contributed by atoms with E-state index in [0.29, 0.717) is 41.1 Å². The number of halogens is 4. The molecule has 1 aliphatic heterocycles. The van der Waals surface area contributed by atoms with E-state index in [2.05, 4.69) is 9.97 Å². The normalized spacial score (nSPS) is 18.5. The van der Waals surface area contributed by atoms with Crippen molar-refractivity contribution in [2.45, 2.75) is 6.10 Å². The number of morpholine rings is 1. The van der Waals surface area contributed by atoms with Crippen LogP contribution >= 0.6 is 34.8 Å². The molecule has 0 N–H and O–H groups in total. The first-order valence-corrected chi connectivity index (χ1v) is 7.66. The van der Waals surface area contributed by atoms with Gasteiger partial charge in [-0.05, 0) is 12.1 Å². The third-order valence-electron chi connectivity index (χ3n) is 3.40. The molecule has 1 unspecified atom stereocenters. The summed E-state index contributed by atoms with van der Waals surface area (Å²) < 4.78 is 19.4. The van der Waals surface area contributed by atoms with Gasteiger partial charge in [-0.1, -0.05) is 34.8 Å². The summed E-state index contributed by atoms with van der Waals surface area (Å²) in [5, 5.41) is 0.809. The second-order valence-corrected chi connectivity index (χ2v) is 6.01. The second-order valence-electron chi connectivity index (χ2n) is 4.79. The van der Waals surface area contributed by atoms with E-state index in [9.17, 15) is 4.39 Å². The summed E-state index contributed by atoms with van der Waals surface area (Å²) in [7, 11) is 0. The van der Waals surface area contributed by atoms with Gasteiger partial charge in [-0.2, -0.15) is 0 Å². The number of benzene rings is 1. The molecule has 1 aliphatic rings. The maximum Gasteiger partial charge on any atom is 0.151 e. The fourth-order valence-corrected chi connectivity index (χ4v) is 3.08. The largest absolute Gasteiger partial charge is 0.370 e. The molecule has 0 radical (unpaired) electrons. The van der Waals surface area contributed by atoms with E-state index < -0.39 is 5.82 Å². The molecule has 4 nitrogen and oxygen atoms in total. The number of hydrogen-bond acceptors (Lipinski definition) is 4. The topological polar surface area (TPSA) is 38.2 Å². The third-order valence-corrected chi connectivity index (χ3v) is 4.28. The van der Waals surface area contributed by atoms with Crippen molar-refractivity contribution in [3.05, 3.63) is 51.1 Å². The molecule has 1 saturated heterocycles. The van der Waals surface area contributed by atoms with Gasteiger partial charge in [0.05, 0.1) is 17.8 Å². The van der Waals surface area contributed by atoms with Gasteiger partial charge in [0.15, 0.2) is 5.82 Å². The molecule has 2 heterocycles. The van der Waals surface area contributed by atoms with Crippen LogP contribution in [-0.2, 0) is 4.74 Å². The summed E-state index contributed by atoms with van der Waals surface area (Å²) in [5.74, 6) is 0.0948. The number of ether oxygens (including phenoxy) is 1. The van der Waals surface area contributed by atoms with Gasteiger partial charge < -0.3 is 9.64 Å². The molecule has 1 aromatic carbocycles. The highest BCUT2D eigenvalue weighted by atomic mass is 35.5. The molecule has 0 spiro atoms. The van der Waals surface area contributed by atoms with Crippen molar-refractivity contribution in [2.24, 2.45) is 0 Å². The molecule has 8 heteroatoms. The standard InChI is InChI=1S/C14H11Cl3FN3O/c15-9-4-10(16)12(18)3-8(9)13-6-21(1-2-22-13)14-11(17)5-19-7-20-14/h3-5,7,13H,1-2,6H2. The molecule has 22 heavy (non-hydrogen) atoms. The molecule has 0 aliphatic carbocycles. The quantitative estimate of drug-likeness (QED) is 0.752. The van der Waals surface area contributed by atoms with E-state index in [-0.39, 0.29) is 11.1 Å². The van der Waals surface area contributed by atoms with Crippen LogP contribution in [-0.4, -0.2) is 29.7 Å². The fraction of sp³-hybridized carbons (Fsp3) is 0.286. The number of anilines is 1. The lowest BCUT2D eigenvalue weighted by Crippen LogP contribution is -2.39. The minimum Gasteiger partial charge on any atom is -0.370 e. The molecule has 1 atom stereocenters. The van der Waals surface area contributed by atoms with Crippen LogP contribution in [0.25, 0.3) is 0 Å². The van der Waals surface area contributed by atoms with Crippen LogP contribution in [0, 0.1) is 5.82 Å². The Kier molecular flexibility index (Phi) is 4.68. The van der Waals surface area contributed by atoms with Crippen molar-refractivity contribution in [1.82, 2.24) is 9.97 Å². The summed E-state index contributed by atoms with van der Waals surface area (Å²) in [6.07, 6.45) is 2.57. The van der Waals surface area contributed by atoms with Crippen molar-refractivity contribution >= 4 is 40.6 Å². The predicted molar refractivity (Wildman–Crippen MR) is 84.4 cm³/mol. The fourth-order valence-electron chi connectivity index (χ4n) is 2.35. The van der Waals surface area contributed by atoms with Crippen LogP contribution in [0.15, 0.2) is 24.7 Å². The molecule has 1 aromatic heterocycles. The van der Waals surface area contributed by atoms with Gasteiger partial charge in [0.1, 0.15) is 23.3 Å². The number of hydrogen-bond donors (Lipinski definition) is 0. The monoisotopic (exact) mass is 361 g/mol. The van der Waals surface area contributed by atoms with E-state index in [1.165, 1.54) is 24.7 Å². The van der Waals surface area contributed by atoms with Gasteiger partial charge in [0, 0.05) is 23.7 Å². The highest BCUT2D eigenvalue weighted by Gasteiger charge is 2.26. The Hall–Kier alpha value is -1.14. The Balaban J connectivity index is 1.88. The van der Waals surface area contributed by atoms with Crippen LogP contribution in [0.3, 0.4) is 0 Å². The average Bonchev–Trinajstić information content (AvgIpc) is 2.51. The van der Waals surface area contributed by atoms with Crippen molar-refractivity contribution in [3.63, 3.8) is 0 Å². The molecule has 0 amide bonds. The SMILES string of the molecule is Fc1cc(C2CN(c3ncncc3Cl)CCO2)c(Cl)cc1Cl. The molecule has 3 rings (SSSR count). The second kappa shape index (κ2) is 6.54. The minimum absolute atomic E-state index is 0.0136. The molecule has 0 bridgehead atoms. The van der Waals surface area contributed by atoms with Crippen molar-refractivity contribution in [2.75, 3.05) is 24.6 Å². The zero-order valence-electron chi connectivity index (χ0n) is 11.3. The Morgan fingerprint density at radius 1 is 1.18 bits per heavy atom. The summed E-state index contributed by atoms with van der Waals surface area (Å²) in [6.45, 7) is 1.53. The van der Waals surface area contributed by atoms with Crippen LogP contribution < -0.4 is 4.90 Å². The molecular weight excluding hydrogens is 352 g/mol. The van der Waals surface area contributed by atoms with Gasteiger partial charge in [0.25, 0.3) is 0 Å². The Labute approximate surface area is 141 Å². The van der Waals surface area contributed by atoms with Crippen molar-refractivity contribution in [3.8, 4) is 0 Å². The summed E-state index contributed by atoms with van der Waals surface area (Å²) >= 11 is 18.0. The number of rotatable bonds is 2. The highest BCUT2D eigenvalue weighted by molar-refractivity contribution is 6.35. The Bertz CT molecular complexity index is 701. The van der Waals surface area contributed by atoms with Gasteiger partial charge in [0.2, 0.25) is 0 Å². The maximum atomic E-state index is 13.7. The van der Waals surface area contributed by atoms with Crippen LogP contribution in [0.4, 0.5) is 10.2 Å². The van der Waals surface area contributed by atoms with Gasteiger partial charge in [-0.25, -0.2) is 14.4 Å². The van der Waals surface area contributed by atoms with Gasteiger partial charge in [-0.15, -0.1) is 0 Å². The zero-order valence-corrected chi connectivity index (χ0v) is 13.5. The molecule has 2 aromatic rings. The van der Waals surface area contributed by atoms with Crippen LogP contribution in [0.1, 0.15) is 11.7 Å². The van der Waals surface area contributed by atoms with E-state index in [4.69, 9.17) is 39.5 Å². The Morgan fingerprint density at radius 2 is 2.00 bits per heavy atom. The molecular formula is C14H11Cl3FN3O. The molecule has 1 fully saturated rings. The zero-order chi connectivity index (χ0) is 15.7. The molecule has 0 saturated carbocycles. The lowest BCUT2D eigenvalue weighted by Gasteiger charge is -2.34. The summed E-state index contributed by atoms with van der Waals surface area (Å²) in [4.78, 5) is 10.0. The minimum atomic E-state index is -0.526. The average molecular weight is 363 g/mol. The highest BCUT2D eigenvalue weighted by Crippen LogP contribution is 2.34. The van der Waals surface area contributed by atoms with E-state index in [1.807, 2.05) is 4.90 Å². The first-order chi connectivity index (χ1) is 10.6. The third kappa shape index (κ3) is 3.13.